The van der Waals surface area contributed by atoms with E-state index in [0.29, 0.717) is 34.5 Å². The van der Waals surface area contributed by atoms with E-state index >= 15 is 0 Å². The Morgan fingerprint density at radius 1 is 0.342 bits per heavy atom. The fraction of sp³-hybridized carbons (Fsp3) is 1.00. The molecule has 8 fully saturated rings. The van der Waals surface area contributed by atoms with Gasteiger partial charge in [0.2, 0.25) is 0 Å². The molecule has 0 bridgehead atoms. The van der Waals surface area contributed by atoms with Crippen molar-refractivity contribution in [2.24, 2.45) is 73.4 Å². The molecule has 0 nitrogen and oxygen atoms in total. The van der Waals surface area contributed by atoms with Crippen molar-refractivity contribution in [2.45, 2.75) is 375 Å². The molecule has 8 aliphatic rings. The van der Waals surface area contributed by atoms with Crippen molar-refractivity contribution in [1.82, 2.24) is 0 Å². The molecule has 8 saturated carbocycles. The number of halogens is 6. The average molecular weight is 1090 g/mol. The van der Waals surface area contributed by atoms with E-state index in [2.05, 4.69) is 83.1 Å². The van der Waals surface area contributed by atoms with Crippen LogP contribution in [0.1, 0.15) is 362 Å². The van der Waals surface area contributed by atoms with Gasteiger partial charge in [-0.15, -0.1) is 0 Å². The van der Waals surface area contributed by atoms with E-state index in [1.165, 1.54) is 161 Å². The molecule has 2 unspecified atom stereocenters. The first-order valence-corrected chi connectivity index (χ1v) is 33.3. The first kappa shape index (κ1) is 73.6. The maximum Gasteiger partial charge on any atom is 0.389 e. The van der Waals surface area contributed by atoms with Gasteiger partial charge in [-0.3, -0.25) is 0 Å². The van der Waals surface area contributed by atoms with Crippen LogP contribution >= 0.6 is 0 Å². The molecular formula is C70H134F6. The summed E-state index contributed by atoms with van der Waals surface area (Å²) in [6.45, 7) is 39.6. The summed E-state index contributed by atoms with van der Waals surface area (Å²) in [6, 6.07) is 0. The molecule has 0 amide bonds. The molecule has 0 heterocycles. The third kappa shape index (κ3) is 30.6. The maximum absolute atomic E-state index is 11.5. The highest BCUT2D eigenvalue weighted by molar-refractivity contribution is 4.99. The first-order valence-electron chi connectivity index (χ1n) is 33.3. The van der Waals surface area contributed by atoms with Crippen LogP contribution in [0.15, 0.2) is 0 Å². The van der Waals surface area contributed by atoms with Gasteiger partial charge >= 0.3 is 12.4 Å². The molecule has 0 aromatic rings. The fourth-order valence-electron chi connectivity index (χ4n) is 15.8. The Bertz CT molecular complexity index is 1370. The van der Waals surface area contributed by atoms with E-state index in [1.807, 2.05) is 13.8 Å². The Morgan fingerprint density at radius 3 is 0.816 bits per heavy atom. The lowest BCUT2D eigenvalue weighted by molar-refractivity contribution is -0.144. The van der Waals surface area contributed by atoms with E-state index in [4.69, 9.17) is 0 Å². The second-order valence-electron chi connectivity index (χ2n) is 30.9. The van der Waals surface area contributed by atoms with E-state index in [0.717, 1.165) is 39.9 Å². The van der Waals surface area contributed by atoms with Crippen molar-refractivity contribution in [3.63, 3.8) is 0 Å². The standard InChI is InChI=1S/C16H30.C14H26.C12H22.C11H20.2C6H11F3.C3H8.C2H6/c1-13-6-8-16(9-7-13)11-14(2,3)10-15(4,5)12-16;1-12-4-6-14(7-5-12)10-8-13(2,3)9-11-14;1-11-5-9-12(10-6-11)7-3-2-4-8-12;1-10-4-8-11(9-5-10)6-2-3-7-11;2*1-3-5(2)4-6(7,8)9;1-3-2;1-2/h13H,6-12H2,1-5H3;12H,4-11H2,1-3H3;11H,2-10H2,1H3;10H,2-9H2,1H3;2*5H,3-4H2,1-2H3;3H2,1-2H3;1-2H3. The van der Waals surface area contributed by atoms with Crippen LogP contribution in [0.25, 0.3) is 0 Å². The van der Waals surface area contributed by atoms with Crippen LogP contribution in [0.4, 0.5) is 26.3 Å². The second kappa shape index (κ2) is 34.2. The Labute approximate surface area is 472 Å². The summed E-state index contributed by atoms with van der Waals surface area (Å²) in [6.07, 6.45) is 41.7. The maximum atomic E-state index is 11.5. The molecule has 0 N–H and O–H groups in total. The van der Waals surface area contributed by atoms with Gasteiger partial charge in [-0.2, -0.15) is 26.3 Å². The summed E-state index contributed by atoms with van der Waals surface area (Å²) in [7, 11) is 0. The van der Waals surface area contributed by atoms with E-state index in [1.54, 1.807) is 79.1 Å². The summed E-state index contributed by atoms with van der Waals surface area (Å²) in [5.41, 5.74) is 4.98. The van der Waals surface area contributed by atoms with Crippen LogP contribution in [0.5, 0.6) is 0 Å². The Hall–Kier alpha value is -0.420. The number of alkyl halides is 6. The lowest BCUT2D eigenvalue weighted by atomic mass is 9.51. The summed E-state index contributed by atoms with van der Waals surface area (Å²) in [5.74, 6) is 3.59. The molecule has 0 saturated heterocycles. The minimum atomic E-state index is -3.98. The highest BCUT2D eigenvalue weighted by Crippen LogP contribution is 2.60. The van der Waals surface area contributed by atoms with Crippen molar-refractivity contribution >= 4 is 0 Å². The molecular weight excluding hydrogens is 955 g/mol. The Morgan fingerprint density at radius 2 is 0.579 bits per heavy atom. The van der Waals surface area contributed by atoms with Gasteiger partial charge in [-0.1, -0.05) is 227 Å². The average Bonchev–Trinajstić information content (AvgIpc) is 3.80. The van der Waals surface area contributed by atoms with Crippen molar-refractivity contribution in [1.29, 1.82) is 0 Å². The van der Waals surface area contributed by atoms with Crippen LogP contribution in [0, 0.1) is 73.4 Å². The zero-order valence-electron chi connectivity index (χ0n) is 54.4. The topological polar surface area (TPSA) is 0 Å². The molecule has 0 aromatic heterocycles. The molecule has 4 spiro atoms. The van der Waals surface area contributed by atoms with Crippen LogP contribution in [-0.4, -0.2) is 12.4 Å². The zero-order chi connectivity index (χ0) is 58.1. The third-order valence-corrected chi connectivity index (χ3v) is 20.8. The normalized spacial score (nSPS) is 26.2. The van der Waals surface area contributed by atoms with Gasteiger partial charge in [0.1, 0.15) is 0 Å². The first-order chi connectivity index (χ1) is 35.2. The van der Waals surface area contributed by atoms with Gasteiger partial charge < -0.3 is 0 Å². The summed E-state index contributed by atoms with van der Waals surface area (Å²) >= 11 is 0. The second-order valence-corrected chi connectivity index (χ2v) is 30.9. The quantitative estimate of drug-likeness (QED) is 0.246. The molecule has 76 heavy (non-hydrogen) atoms. The molecule has 6 heteroatoms. The number of rotatable bonds is 4. The third-order valence-electron chi connectivity index (χ3n) is 20.8. The molecule has 0 aromatic carbocycles. The van der Waals surface area contributed by atoms with Crippen LogP contribution in [-0.2, 0) is 0 Å². The largest absolute Gasteiger partial charge is 0.389 e. The predicted molar refractivity (Wildman–Crippen MR) is 323 cm³/mol. The highest BCUT2D eigenvalue weighted by atomic mass is 19.4. The Kier molecular flexibility index (Phi) is 33.2. The van der Waals surface area contributed by atoms with Crippen LogP contribution in [0.2, 0.25) is 0 Å². The minimum Gasteiger partial charge on any atom is -0.171 e. The smallest absolute Gasteiger partial charge is 0.171 e. The minimum absolute atomic E-state index is 0.231. The molecule has 0 aliphatic heterocycles. The van der Waals surface area contributed by atoms with Gasteiger partial charge in [0.05, 0.1) is 0 Å². The molecule has 8 aliphatic carbocycles. The van der Waals surface area contributed by atoms with Crippen molar-refractivity contribution in [3.8, 4) is 0 Å². The predicted octanol–water partition coefficient (Wildman–Crippen LogP) is 26.5. The van der Waals surface area contributed by atoms with Gasteiger partial charge in [0.15, 0.2) is 0 Å². The molecule has 2 atom stereocenters. The van der Waals surface area contributed by atoms with Crippen molar-refractivity contribution < 1.29 is 26.3 Å². The number of hydrogen-bond acceptors (Lipinski definition) is 0. The van der Waals surface area contributed by atoms with Gasteiger partial charge in [0.25, 0.3) is 0 Å². The van der Waals surface area contributed by atoms with E-state index < -0.39 is 25.2 Å². The van der Waals surface area contributed by atoms with Crippen molar-refractivity contribution in [3.05, 3.63) is 0 Å². The van der Waals surface area contributed by atoms with Gasteiger partial charge in [-0.05, 0) is 195 Å². The SMILES string of the molecule is CC.CC1CCC2(CC1)CC(C)(C)CC(C)(C)C2.CC1CCC2(CC1)CCC(C)(C)CC2.CC1CCC2(CCCC2)CC1.CC1CCC2(CCCCC2)CC1.CCC.CCC(C)CC(F)(F)F.CCC(C)CC(F)(F)F. The summed E-state index contributed by atoms with van der Waals surface area (Å²) < 4.78 is 69.0. The van der Waals surface area contributed by atoms with Gasteiger partial charge in [0, 0.05) is 12.8 Å². The lowest BCUT2D eigenvalue weighted by Crippen LogP contribution is -2.43. The van der Waals surface area contributed by atoms with Gasteiger partial charge in [-0.25, -0.2) is 0 Å². The lowest BCUT2D eigenvalue weighted by Gasteiger charge is -2.54. The monoisotopic (exact) mass is 1090 g/mol. The van der Waals surface area contributed by atoms with E-state index in [9.17, 15) is 26.3 Å². The Balaban J connectivity index is 0.000000453. The summed E-state index contributed by atoms with van der Waals surface area (Å²) in [4.78, 5) is 0. The molecule has 0 radical (unpaired) electrons. The van der Waals surface area contributed by atoms with Crippen LogP contribution in [0.3, 0.4) is 0 Å². The summed E-state index contributed by atoms with van der Waals surface area (Å²) in [5, 5.41) is 0. The van der Waals surface area contributed by atoms with Crippen LogP contribution < -0.4 is 0 Å². The molecule has 8 rings (SSSR count). The zero-order valence-corrected chi connectivity index (χ0v) is 54.4. The van der Waals surface area contributed by atoms with E-state index in [-0.39, 0.29) is 11.8 Å². The fourth-order valence-corrected chi connectivity index (χ4v) is 15.8. The molecule has 456 valence electrons. The highest BCUT2D eigenvalue weighted by Gasteiger charge is 2.48. The van der Waals surface area contributed by atoms with Crippen molar-refractivity contribution in [2.75, 3.05) is 0 Å². The number of hydrogen-bond donors (Lipinski definition) is 0.